The maximum atomic E-state index is 11.7. The van der Waals surface area contributed by atoms with E-state index in [0.717, 1.165) is 0 Å². The maximum absolute atomic E-state index is 11.7. The Bertz CT molecular complexity index is 421. The van der Waals surface area contributed by atoms with Gasteiger partial charge in [0.1, 0.15) is 12.1 Å². The molecule has 1 aliphatic rings. The molecule has 0 bridgehead atoms. The van der Waals surface area contributed by atoms with E-state index < -0.39 is 30.0 Å². The lowest BCUT2D eigenvalue weighted by molar-refractivity contribution is -0.139. The number of nitrogens with one attached hydrogen (secondary N) is 3. The molecule has 1 heterocycles. The number of aliphatic carboxylic acids is 1. The molecule has 1 fully saturated rings. The lowest BCUT2D eigenvalue weighted by atomic mass is 10.0. The van der Waals surface area contributed by atoms with Gasteiger partial charge in [-0.2, -0.15) is 0 Å². The van der Waals surface area contributed by atoms with E-state index in [1.807, 2.05) is 13.8 Å². The minimum absolute atomic E-state index is 0.104. The minimum Gasteiger partial charge on any atom is -0.480 e. The Balaban J connectivity index is 2.51. The number of hydrogen-bond acceptors (Lipinski definition) is 4. The summed E-state index contributed by atoms with van der Waals surface area (Å²) in [6.07, 6.45) is 0.642. The molecular formula is C12H19N3O5. The molecule has 20 heavy (non-hydrogen) atoms. The molecule has 112 valence electrons. The fourth-order valence-corrected chi connectivity index (χ4v) is 1.88. The Kier molecular flexibility index (Phi) is 5.48. The third-order valence-electron chi connectivity index (χ3n) is 2.86. The Labute approximate surface area is 116 Å². The van der Waals surface area contributed by atoms with E-state index in [1.54, 1.807) is 0 Å². The topological polar surface area (TPSA) is 125 Å². The fourth-order valence-electron chi connectivity index (χ4n) is 1.88. The first kappa shape index (κ1) is 15.9. The Hall–Kier alpha value is -2.12. The fraction of sp³-hybridized carbons (Fsp3) is 0.667. The van der Waals surface area contributed by atoms with Gasteiger partial charge in [0.2, 0.25) is 11.8 Å². The van der Waals surface area contributed by atoms with Gasteiger partial charge in [-0.25, -0.2) is 9.59 Å². The van der Waals surface area contributed by atoms with E-state index in [2.05, 4.69) is 16.0 Å². The van der Waals surface area contributed by atoms with Crippen LogP contribution in [0.1, 0.15) is 33.1 Å². The van der Waals surface area contributed by atoms with Gasteiger partial charge in [0.25, 0.3) is 0 Å². The summed E-state index contributed by atoms with van der Waals surface area (Å²) >= 11 is 0. The molecule has 0 aromatic rings. The molecule has 2 atom stereocenters. The number of hydrogen-bond donors (Lipinski definition) is 4. The summed E-state index contributed by atoms with van der Waals surface area (Å²) in [5, 5.41) is 15.8. The second-order valence-electron chi connectivity index (χ2n) is 5.14. The number of amides is 4. The predicted molar refractivity (Wildman–Crippen MR) is 68.7 cm³/mol. The zero-order valence-corrected chi connectivity index (χ0v) is 11.4. The largest absolute Gasteiger partial charge is 0.480 e. The zero-order chi connectivity index (χ0) is 15.3. The number of carboxylic acids is 1. The number of imide groups is 1. The molecule has 4 amide bonds. The van der Waals surface area contributed by atoms with Crippen LogP contribution in [0, 0.1) is 5.92 Å². The number of rotatable bonds is 5. The third-order valence-corrected chi connectivity index (χ3v) is 2.86. The highest BCUT2D eigenvalue weighted by Gasteiger charge is 2.29. The first-order valence-corrected chi connectivity index (χ1v) is 6.43. The molecule has 1 aliphatic heterocycles. The molecule has 0 aromatic carbocycles. The van der Waals surface area contributed by atoms with Crippen LogP contribution in [0.3, 0.4) is 0 Å². The van der Waals surface area contributed by atoms with Crippen molar-refractivity contribution >= 4 is 23.8 Å². The summed E-state index contributed by atoms with van der Waals surface area (Å²) in [4.78, 5) is 45.1. The van der Waals surface area contributed by atoms with Crippen LogP contribution in [0.15, 0.2) is 0 Å². The second-order valence-corrected chi connectivity index (χ2v) is 5.14. The molecule has 4 N–H and O–H groups in total. The van der Waals surface area contributed by atoms with Gasteiger partial charge in [-0.05, 0) is 18.8 Å². The summed E-state index contributed by atoms with van der Waals surface area (Å²) < 4.78 is 0. The first-order chi connectivity index (χ1) is 9.29. The molecule has 0 aromatic heterocycles. The second kappa shape index (κ2) is 6.88. The van der Waals surface area contributed by atoms with Gasteiger partial charge in [0.05, 0.1) is 0 Å². The Morgan fingerprint density at radius 1 is 1.40 bits per heavy atom. The number of carbonyl (C=O) groups excluding carboxylic acids is 3. The summed E-state index contributed by atoms with van der Waals surface area (Å²) in [6, 6.07) is -2.56. The quantitative estimate of drug-likeness (QED) is 0.511. The first-order valence-electron chi connectivity index (χ1n) is 6.43. The van der Waals surface area contributed by atoms with Crippen LogP contribution < -0.4 is 16.0 Å². The predicted octanol–water partition coefficient (Wildman–Crippen LogP) is -0.410. The SMILES string of the molecule is CC(C)C[C@H](NC(=O)NC1CCC(=O)NC1=O)C(=O)O. The van der Waals surface area contributed by atoms with Crippen molar-refractivity contribution < 1.29 is 24.3 Å². The number of urea groups is 1. The van der Waals surface area contributed by atoms with Crippen molar-refractivity contribution in [2.24, 2.45) is 5.92 Å². The molecule has 1 rings (SSSR count). The van der Waals surface area contributed by atoms with Crippen LogP contribution in [0.4, 0.5) is 4.79 Å². The van der Waals surface area contributed by atoms with Crippen molar-refractivity contribution in [1.29, 1.82) is 0 Å². The molecule has 0 aliphatic carbocycles. The van der Waals surface area contributed by atoms with Gasteiger partial charge in [-0.15, -0.1) is 0 Å². The van der Waals surface area contributed by atoms with Crippen molar-refractivity contribution in [1.82, 2.24) is 16.0 Å². The molecule has 0 radical (unpaired) electrons. The Morgan fingerprint density at radius 2 is 2.05 bits per heavy atom. The van der Waals surface area contributed by atoms with Gasteiger partial charge < -0.3 is 15.7 Å². The van der Waals surface area contributed by atoms with Crippen LogP contribution in [-0.4, -0.2) is 41.0 Å². The Morgan fingerprint density at radius 3 is 2.55 bits per heavy atom. The van der Waals surface area contributed by atoms with E-state index in [9.17, 15) is 19.2 Å². The van der Waals surface area contributed by atoms with Crippen molar-refractivity contribution in [3.8, 4) is 0 Å². The smallest absolute Gasteiger partial charge is 0.326 e. The maximum Gasteiger partial charge on any atom is 0.326 e. The monoisotopic (exact) mass is 285 g/mol. The number of carbonyl (C=O) groups is 4. The van der Waals surface area contributed by atoms with Crippen molar-refractivity contribution in [3.63, 3.8) is 0 Å². The highest BCUT2D eigenvalue weighted by atomic mass is 16.4. The average molecular weight is 285 g/mol. The highest BCUT2D eigenvalue weighted by molar-refractivity contribution is 6.01. The summed E-state index contributed by atoms with van der Waals surface area (Å²) in [6.45, 7) is 3.69. The van der Waals surface area contributed by atoms with E-state index in [1.165, 1.54) is 0 Å². The van der Waals surface area contributed by atoms with Gasteiger partial charge in [0.15, 0.2) is 0 Å². The molecule has 1 unspecified atom stereocenters. The van der Waals surface area contributed by atoms with Gasteiger partial charge in [-0.3, -0.25) is 14.9 Å². The van der Waals surface area contributed by atoms with Crippen molar-refractivity contribution in [3.05, 3.63) is 0 Å². The minimum atomic E-state index is -1.13. The molecule has 8 heteroatoms. The summed E-state index contributed by atoms with van der Waals surface area (Å²) in [5.74, 6) is -1.98. The van der Waals surface area contributed by atoms with Crippen LogP contribution in [0.2, 0.25) is 0 Å². The van der Waals surface area contributed by atoms with Crippen LogP contribution in [-0.2, 0) is 14.4 Å². The number of piperidine rings is 1. The number of carboxylic acid groups (broad SMARTS) is 1. The van der Waals surface area contributed by atoms with E-state index in [0.29, 0.717) is 0 Å². The van der Waals surface area contributed by atoms with Crippen LogP contribution in [0.5, 0.6) is 0 Å². The third kappa shape index (κ3) is 4.87. The summed E-state index contributed by atoms with van der Waals surface area (Å²) in [7, 11) is 0. The van der Waals surface area contributed by atoms with E-state index in [4.69, 9.17) is 5.11 Å². The highest BCUT2D eigenvalue weighted by Crippen LogP contribution is 2.06. The van der Waals surface area contributed by atoms with Gasteiger partial charge >= 0.3 is 12.0 Å². The van der Waals surface area contributed by atoms with Crippen molar-refractivity contribution in [2.45, 2.75) is 45.2 Å². The van der Waals surface area contributed by atoms with Crippen molar-refractivity contribution in [2.75, 3.05) is 0 Å². The molecule has 0 saturated carbocycles. The summed E-state index contributed by atoms with van der Waals surface area (Å²) in [5.41, 5.74) is 0. The van der Waals surface area contributed by atoms with Crippen LogP contribution >= 0.6 is 0 Å². The van der Waals surface area contributed by atoms with Gasteiger partial charge in [-0.1, -0.05) is 13.8 Å². The lowest BCUT2D eigenvalue weighted by Crippen LogP contribution is -2.56. The molecule has 0 spiro atoms. The average Bonchev–Trinajstić information content (AvgIpc) is 2.31. The normalized spacial score (nSPS) is 20.2. The van der Waals surface area contributed by atoms with E-state index in [-0.39, 0.29) is 31.1 Å². The van der Waals surface area contributed by atoms with E-state index >= 15 is 0 Å². The zero-order valence-electron chi connectivity index (χ0n) is 11.4. The molecule has 8 nitrogen and oxygen atoms in total. The standard InChI is InChI=1S/C12H19N3O5/c1-6(2)5-8(11(18)19)14-12(20)13-7-3-4-9(16)15-10(7)17/h6-8H,3-5H2,1-2H3,(H,18,19)(H2,13,14,20)(H,15,16,17)/t7?,8-/m0/s1. The van der Waals surface area contributed by atoms with Crippen LogP contribution in [0.25, 0.3) is 0 Å². The lowest BCUT2D eigenvalue weighted by Gasteiger charge is -2.23. The van der Waals surface area contributed by atoms with Gasteiger partial charge in [0, 0.05) is 6.42 Å². The molecular weight excluding hydrogens is 266 g/mol. The molecule has 1 saturated heterocycles.